The van der Waals surface area contributed by atoms with Gasteiger partial charge in [-0.25, -0.2) is 0 Å². The first-order chi connectivity index (χ1) is 12.2. The number of amides is 2. The maximum absolute atomic E-state index is 12.4. The van der Waals surface area contributed by atoms with E-state index in [4.69, 9.17) is 0 Å². The predicted molar refractivity (Wildman–Crippen MR) is 92.9 cm³/mol. The van der Waals surface area contributed by atoms with Gasteiger partial charge in [-0.2, -0.15) is 10.2 Å². The van der Waals surface area contributed by atoms with Crippen molar-refractivity contribution in [1.29, 1.82) is 0 Å². The van der Waals surface area contributed by atoms with Gasteiger partial charge in [0.25, 0.3) is 5.91 Å². The number of rotatable bonds is 6. The van der Waals surface area contributed by atoms with E-state index in [1.54, 1.807) is 14.1 Å². The molecule has 11 nitrogen and oxygen atoms in total. The molecular formula is C15H21N7O4. The lowest BCUT2D eigenvalue weighted by Gasteiger charge is -2.13. The number of aryl methyl sites for hydroxylation is 2. The Kier molecular flexibility index (Phi) is 5.38. The van der Waals surface area contributed by atoms with E-state index in [9.17, 15) is 19.7 Å². The Hall–Kier alpha value is -3.24. The molecule has 2 aromatic heterocycles. The maximum Gasteiger partial charge on any atom is 0.312 e. The molecule has 0 aliphatic rings. The summed E-state index contributed by atoms with van der Waals surface area (Å²) in [4.78, 5) is 36.6. The molecule has 0 spiro atoms. The van der Waals surface area contributed by atoms with Gasteiger partial charge in [-0.1, -0.05) is 0 Å². The SMILES string of the molecule is CCn1ncc(NC(=O)Cn2nc(C)c([N+](=O)[O-])c2C)c1C(=O)N(C)C. The Morgan fingerprint density at radius 3 is 2.46 bits per heavy atom. The number of anilines is 1. The first-order valence-electron chi connectivity index (χ1n) is 7.93. The molecule has 0 unspecified atom stereocenters. The summed E-state index contributed by atoms with van der Waals surface area (Å²) in [7, 11) is 3.21. The first-order valence-corrected chi connectivity index (χ1v) is 7.93. The molecule has 0 radical (unpaired) electrons. The van der Waals surface area contributed by atoms with Crippen molar-refractivity contribution in [2.24, 2.45) is 0 Å². The summed E-state index contributed by atoms with van der Waals surface area (Å²) in [5, 5.41) is 21.8. The van der Waals surface area contributed by atoms with Crippen LogP contribution in [0.3, 0.4) is 0 Å². The highest BCUT2D eigenvalue weighted by molar-refractivity contribution is 6.02. The highest BCUT2D eigenvalue weighted by atomic mass is 16.6. The third kappa shape index (κ3) is 3.55. The smallest absolute Gasteiger partial charge is 0.312 e. The average molecular weight is 363 g/mol. The number of carbonyl (C=O) groups is 2. The zero-order chi connectivity index (χ0) is 19.6. The Morgan fingerprint density at radius 2 is 1.96 bits per heavy atom. The monoisotopic (exact) mass is 363 g/mol. The Labute approximate surface area is 149 Å². The Balaban J connectivity index is 2.24. The van der Waals surface area contributed by atoms with Gasteiger partial charge >= 0.3 is 5.69 Å². The van der Waals surface area contributed by atoms with Crippen LogP contribution in [0.2, 0.25) is 0 Å². The van der Waals surface area contributed by atoms with Crippen LogP contribution in [-0.2, 0) is 17.9 Å². The highest BCUT2D eigenvalue weighted by Gasteiger charge is 2.24. The molecule has 2 rings (SSSR count). The van der Waals surface area contributed by atoms with E-state index in [0.717, 1.165) is 0 Å². The average Bonchev–Trinajstić information content (AvgIpc) is 3.07. The largest absolute Gasteiger partial charge is 0.343 e. The van der Waals surface area contributed by atoms with E-state index in [1.807, 2.05) is 6.92 Å². The summed E-state index contributed by atoms with van der Waals surface area (Å²) in [5.41, 5.74) is 0.968. The van der Waals surface area contributed by atoms with Gasteiger partial charge in [0.15, 0.2) is 0 Å². The van der Waals surface area contributed by atoms with Crippen LogP contribution >= 0.6 is 0 Å². The Morgan fingerprint density at radius 1 is 1.31 bits per heavy atom. The lowest BCUT2D eigenvalue weighted by atomic mass is 10.3. The molecule has 0 aliphatic heterocycles. The van der Waals surface area contributed by atoms with Crippen molar-refractivity contribution in [1.82, 2.24) is 24.5 Å². The number of nitrogens with zero attached hydrogens (tertiary/aromatic N) is 6. The van der Waals surface area contributed by atoms with Crippen LogP contribution in [0.4, 0.5) is 11.4 Å². The second kappa shape index (κ2) is 7.33. The molecule has 2 heterocycles. The molecule has 26 heavy (non-hydrogen) atoms. The number of nitro groups is 1. The van der Waals surface area contributed by atoms with E-state index in [1.165, 1.54) is 34.3 Å². The van der Waals surface area contributed by atoms with Gasteiger partial charge < -0.3 is 10.2 Å². The molecule has 0 saturated carbocycles. The Bertz CT molecular complexity index is 866. The minimum Gasteiger partial charge on any atom is -0.343 e. The number of hydrogen-bond acceptors (Lipinski definition) is 6. The van der Waals surface area contributed by atoms with Crippen LogP contribution in [0.1, 0.15) is 28.8 Å². The third-order valence-corrected chi connectivity index (χ3v) is 3.84. The molecule has 11 heteroatoms. The van der Waals surface area contributed by atoms with Crippen molar-refractivity contribution in [2.45, 2.75) is 33.9 Å². The zero-order valence-corrected chi connectivity index (χ0v) is 15.3. The molecule has 140 valence electrons. The van der Waals surface area contributed by atoms with E-state index < -0.39 is 10.8 Å². The summed E-state index contributed by atoms with van der Waals surface area (Å²) in [6.45, 7) is 5.13. The summed E-state index contributed by atoms with van der Waals surface area (Å²) in [5.74, 6) is -0.754. The van der Waals surface area contributed by atoms with Crippen molar-refractivity contribution in [3.05, 3.63) is 33.4 Å². The fourth-order valence-corrected chi connectivity index (χ4v) is 2.59. The molecule has 2 aromatic rings. The molecule has 0 aliphatic carbocycles. The number of aromatic nitrogens is 4. The fraction of sp³-hybridized carbons (Fsp3) is 0.467. The standard InChI is InChI=1S/C15H21N7O4/c1-6-20-14(15(24)19(4)5)11(7-16-20)17-12(23)8-21-10(3)13(22(25)26)9(2)18-21/h7H,6,8H2,1-5H3,(H,17,23). The molecule has 1 N–H and O–H groups in total. The minimum absolute atomic E-state index is 0.111. The second-order valence-corrected chi connectivity index (χ2v) is 5.90. The lowest BCUT2D eigenvalue weighted by molar-refractivity contribution is -0.386. The highest BCUT2D eigenvalue weighted by Crippen LogP contribution is 2.22. The van der Waals surface area contributed by atoms with Crippen molar-refractivity contribution in [3.8, 4) is 0 Å². The van der Waals surface area contributed by atoms with Gasteiger partial charge in [-0.15, -0.1) is 0 Å². The molecule has 0 fully saturated rings. The number of carbonyl (C=O) groups excluding carboxylic acids is 2. The van der Waals surface area contributed by atoms with Crippen LogP contribution in [-0.4, -0.2) is 55.3 Å². The lowest BCUT2D eigenvalue weighted by Crippen LogP contribution is -2.27. The third-order valence-electron chi connectivity index (χ3n) is 3.84. The van der Waals surface area contributed by atoms with Gasteiger partial charge in [0, 0.05) is 20.6 Å². The fourth-order valence-electron chi connectivity index (χ4n) is 2.59. The van der Waals surface area contributed by atoms with Crippen LogP contribution in [0.5, 0.6) is 0 Å². The van der Waals surface area contributed by atoms with Crippen molar-refractivity contribution in [2.75, 3.05) is 19.4 Å². The number of nitrogens with one attached hydrogen (secondary N) is 1. The summed E-state index contributed by atoms with van der Waals surface area (Å²) in [6.07, 6.45) is 1.40. The summed E-state index contributed by atoms with van der Waals surface area (Å²) < 4.78 is 2.76. The predicted octanol–water partition coefficient (Wildman–Crippen LogP) is 0.965. The van der Waals surface area contributed by atoms with Crippen LogP contribution in [0.15, 0.2) is 6.20 Å². The molecule has 0 aromatic carbocycles. The maximum atomic E-state index is 12.4. The molecular weight excluding hydrogens is 342 g/mol. The topological polar surface area (TPSA) is 128 Å². The second-order valence-electron chi connectivity index (χ2n) is 5.90. The first kappa shape index (κ1) is 19.1. The van der Waals surface area contributed by atoms with E-state index in [-0.39, 0.29) is 40.9 Å². The van der Waals surface area contributed by atoms with Crippen molar-refractivity contribution in [3.63, 3.8) is 0 Å². The van der Waals surface area contributed by atoms with E-state index in [0.29, 0.717) is 6.54 Å². The summed E-state index contributed by atoms with van der Waals surface area (Å²) >= 11 is 0. The van der Waals surface area contributed by atoms with E-state index in [2.05, 4.69) is 15.5 Å². The van der Waals surface area contributed by atoms with Crippen LogP contribution < -0.4 is 5.32 Å². The van der Waals surface area contributed by atoms with Gasteiger partial charge in [-0.3, -0.25) is 29.1 Å². The minimum atomic E-state index is -0.523. The number of hydrogen-bond donors (Lipinski definition) is 1. The van der Waals surface area contributed by atoms with Crippen molar-refractivity contribution >= 4 is 23.2 Å². The molecule has 0 bridgehead atoms. The van der Waals surface area contributed by atoms with Crippen molar-refractivity contribution < 1.29 is 14.5 Å². The van der Waals surface area contributed by atoms with E-state index >= 15 is 0 Å². The normalized spacial score (nSPS) is 10.7. The van der Waals surface area contributed by atoms with Crippen LogP contribution in [0, 0.1) is 24.0 Å². The quantitative estimate of drug-likeness (QED) is 0.601. The molecule has 0 atom stereocenters. The van der Waals surface area contributed by atoms with Gasteiger partial charge in [0.05, 0.1) is 16.8 Å². The summed E-state index contributed by atoms with van der Waals surface area (Å²) in [6, 6.07) is 0. The van der Waals surface area contributed by atoms with Crippen LogP contribution in [0.25, 0.3) is 0 Å². The molecule has 0 saturated heterocycles. The van der Waals surface area contributed by atoms with Gasteiger partial charge in [-0.05, 0) is 20.8 Å². The zero-order valence-electron chi connectivity index (χ0n) is 15.3. The molecule has 2 amide bonds. The van der Waals surface area contributed by atoms with Gasteiger partial charge in [0.2, 0.25) is 5.91 Å². The van der Waals surface area contributed by atoms with Gasteiger partial charge in [0.1, 0.15) is 23.6 Å².